The molecule has 0 unspecified atom stereocenters. The van der Waals surface area contributed by atoms with Crippen molar-refractivity contribution in [3.8, 4) is 0 Å². The number of rotatable bonds is 3. The molecule has 1 nitrogen and oxygen atoms in total. The second-order valence-electron chi connectivity index (χ2n) is 2.92. The Kier molecular flexibility index (Phi) is 3.90. The van der Waals surface area contributed by atoms with E-state index in [2.05, 4.69) is 0 Å². The molecule has 0 aromatic heterocycles. The van der Waals surface area contributed by atoms with Crippen LogP contribution in [0.25, 0.3) is 0 Å². The standard InChI is InChI=1S/C10H9Cl2FO/c1-2-3-9(14)7-4-6(11)5-8(13)10(7)12/h4-5H,2-3H2,1H3. The van der Waals surface area contributed by atoms with E-state index in [1.54, 1.807) is 0 Å². The maximum Gasteiger partial charge on any atom is 0.164 e. The Hall–Kier alpha value is -0.600. The Labute approximate surface area is 91.8 Å². The minimum Gasteiger partial charge on any atom is -0.294 e. The van der Waals surface area contributed by atoms with Crippen LogP contribution < -0.4 is 0 Å². The van der Waals surface area contributed by atoms with Crippen LogP contribution in [0.15, 0.2) is 12.1 Å². The summed E-state index contributed by atoms with van der Waals surface area (Å²) < 4.78 is 13.1. The van der Waals surface area contributed by atoms with Gasteiger partial charge in [0.05, 0.1) is 5.02 Å². The van der Waals surface area contributed by atoms with Crippen molar-refractivity contribution in [3.05, 3.63) is 33.6 Å². The molecule has 4 heteroatoms. The fraction of sp³-hybridized carbons (Fsp3) is 0.300. The third-order valence-corrected chi connectivity index (χ3v) is 2.37. The number of halogens is 3. The highest BCUT2D eigenvalue weighted by atomic mass is 35.5. The van der Waals surface area contributed by atoms with Gasteiger partial charge in [0, 0.05) is 17.0 Å². The van der Waals surface area contributed by atoms with Crippen LogP contribution in [-0.2, 0) is 0 Å². The fourth-order valence-corrected chi connectivity index (χ4v) is 1.54. The van der Waals surface area contributed by atoms with Crippen molar-refractivity contribution in [2.24, 2.45) is 0 Å². The van der Waals surface area contributed by atoms with E-state index >= 15 is 0 Å². The van der Waals surface area contributed by atoms with Crippen molar-refractivity contribution in [1.29, 1.82) is 0 Å². The summed E-state index contributed by atoms with van der Waals surface area (Å²) in [5.41, 5.74) is 0.165. The highest BCUT2D eigenvalue weighted by Crippen LogP contribution is 2.25. The van der Waals surface area contributed by atoms with Gasteiger partial charge in [0.2, 0.25) is 0 Å². The first-order chi connectivity index (χ1) is 6.56. The minimum absolute atomic E-state index is 0.146. The lowest BCUT2D eigenvalue weighted by molar-refractivity contribution is 0.0981. The Morgan fingerprint density at radius 1 is 1.43 bits per heavy atom. The van der Waals surface area contributed by atoms with Crippen LogP contribution in [0.4, 0.5) is 4.39 Å². The predicted octanol–water partition coefficient (Wildman–Crippen LogP) is 4.12. The van der Waals surface area contributed by atoms with Gasteiger partial charge in [-0.3, -0.25) is 4.79 Å². The lowest BCUT2D eigenvalue weighted by Crippen LogP contribution is -2.00. The molecule has 0 saturated carbocycles. The Bertz CT molecular complexity index is 363. The second kappa shape index (κ2) is 4.76. The summed E-state index contributed by atoms with van der Waals surface area (Å²) in [5, 5.41) is 0.0409. The van der Waals surface area contributed by atoms with E-state index in [0.29, 0.717) is 12.8 Å². The number of carbonyl (C=O) groups excluding carboxylic acids is 1. The third-order valence-electron chi connectivity index (χ3n) is 1.77. The van der Waals surface area contributed by atoms with Crippen molar-refractivity contribution in [1.82, 2.24) is 0 Å². The number of hydrogen-bond donors (Lipinski definition) is 0. The van der Waals surface area contributed by atoms with Gasteiger partial charge in [0.15, 0.2) is 5.78 Å². The first-order valence-electron chi connectivity index (χ1n) is 4.24. The van der Waals surface area contributed by atoms with Gasteiger partial charge in [-0.05, 0) is 18.6 Å². The van der Waals surface area contributed by atoms with Crippen molar-refractivity contribution >= 4 is 29.0 Å². The molecule has 0 spiro atoms. The van der Waals surface area contributed by atoms with Crippen LogP contribution in [0, 0.1) is 5.82 Å². The first-order valence-corrected chi connectivity index (χ1v) is 4.99. The van der Waals surface area contributed by atoms with Crippen molar-refractivity contribution in [3.63, 3.8) is 0 Å². The smallest absolute Gasteiger partial charge is 0.164 e. The normalized spacial score (nSPS) is 10.3. The quantitative estimate of drug-likeness (QED) is 0.569. The molecule has 0 fully saturated rings. The largest absolute Gasteiger partial charge is 0.294 e. The van der Waals surface area contributed by atoms with E-state index in [1.807, 2.05) is 6.92 Å². The van der Waals surface area contributed by atoms with Crippen molar-refractivity contribution in [2.75, 3.05) is 0 Å². The molecule has 14 heavy (non-hydrogen) atoms. The van der Waals surface area contributed by atoms with Gasteiger partial charge < -0.3 is 0 Å². The maximum absolute atomic E-state index is 13.1. The van der Waals surface area contributed by atoms with Gasteiger partial charge in [0.25, 0.3) is 0 Å². The molecule has 0 atom stereocenters. The van der Waals surface area contributed by atoms with Crippen molar-refractivity contribution < 1.29 is 9.18 Å². The van der Waals surface area contributed by atoms with E-state index in [4.69, 9.17) is 23.2 Å². The molecule has 1 rings (SSSR count). The average molecular weight is 235 g/mol. The van der Waals surface area contributed by atoms with Crippen LogP contribution in [0.1, 0.15) is 30.1 Å². The summed E-state index contributed by atoms with van der Waals surface area (Å²) in [5.74, 6) is -0.836. The Morgan fingerprint density at radius 2 is 2.07 bits per heavy atom. The van der Waals surface area contributed by atoms with Crippen molar-refractivity contribution in [2.45, 2.75) is 19.8 Å². The third kappa shape index (κ3) is 2.46. The molecular formula is C10H9Cl2FO. The SMILES string of the molecule is CCCC(=O)c1cc(Cl)cc(F)c1Cl. The number of carbonyl (C=O) groups is 1. The van der Waals surface area contributed by atoms with E-state index in [0.717, 1.165) is 6.07 Å². The minimum atomic E-state index is -0.654. The highest BCUT2D eigenvalue weighted by molar-refractivity contribution is 6.36. The van der Waals surface area contributed by atoms with E-state index in [-0.39, 0.29) is 21.4 Å². The summed E-state index contributed by atoms with van der Waals surface area (Å²) in [6, 6.07) is 2.48. The summed E-state index contributed by atoms with van der Waals surface area (Å²) in [6.45, 7) is 1.87. The van der Waals surface area contributed by atoms with Gasteiger partial charge >= 0.3 is 0 Å². The first kappa shape index (κ1) is 11.5. The van der Waals surface area contributed by atoms with E-state index in [9.17, 15) is 9.18 Å². The zero-order valence-electron chi connectivity index (χ0n) is 7.61. The summed E-state index contributed by atoms with van der Waals surface area (Å²) >= 11 is 11.3. The summed E-state index contributed by atoms with van der Waals surface area (Å²) in [4.78, 5) is 11.5. The molecule has 0 radical (unpaired) electrons. The zero-order valence-corrected chi connectivity index (χ0v) is 9.12. The fourth-order valence-electron chi connectivity index (χ4n) is 1.12. The molecule has 1 aromatic carbocycles. The van der Waals surface area contributed by atoms with Gasteiger partial charge in [-0.15, -0.1) is 0 Å². The number of benzene rings is 1. The van der Waals surface area contributed by atoms with Crippen LogP contribution in [0.3, 0.4) is 0 Å². The number of ketones is 1. The van der Waals surface area contributed by atoms with E-state index in [1.165, 1.54) is 6.07 Å². The second-order valence-corrected chi connectivity index (χ2v) is 3.74. The molecule has 0 aliphatic heterocycles. The van der Waals surface area contributed by atoms with Crippen LogP contribution in [0.2, 0.25) is 10.0 Å². The molecule has 76 valence electrons. The molecule has 0 heterocycles. The van der Waals surface area contributed by atoms with Gasteiger partial charge in [-0.25, -0.2) is 4.39 Å². The molecule has 0 amide bonds. The lowest BCUT2D eigenvalue weighted by atomic mass is 10.1. The summed E-state index contributed by atoms with van der Waals surface area (Å²) in [6.07, 6.45) is 1.04. The van der Waals surface area contributed by atoms with Gasteiger partial charge in [0.1, 0.15) is 5.82 Å². The van der Waals surface area contributed by atoms with Crippen LogP contribution >= 0.6 is 23.2 Å². The predicted molar refractivity (Wildman–Crippen MR) is 55.7 cm³/mol. The Balaban J connectivity index is 3.13. The Morgan fingerprint density at radius 3 is 2.64 bits per heavy atom. The molecule has 0 aliphatic carbocycles. The van der Waals surface area contributed by atoms with Gasteiger partial charge in [-0.2, -0.15) is 0 Å². The average Bonchev–Trinajstić information content (AvgIpc) is 2.11. The van der Waals surface area contributed by atoms with Crippen LogP contribution in [0.5, 0.6) is 0 Å². The molecule has 1 aromatic rings. The number of Topliss-reactive ketones (excluding diaryl/α,β-unsaturated/α-hetero) is 1. The summed E-state index contributed by atoms with van der Waals surface area (Å²) in [7, 11) is 0. The zero-order chi connectivity index (χ0) is 10.7. The monoisotopic (exact) mass is 234 g/mol. The molecular weight excluding hydrogens is 226 g/mol. The molecule has 0 saturated heterocycles. The van der Waals surface area contributed by atoms with E-state index < -0.39 is 5.82 Å². The molecule has 0 N–H and O–H groups in total. The number of hydrogen-bond acceptors (Lipinski definition) is 1. The maximum atomic E-state index is 13.1. The van der Waals surface area contributed by atoms with Crippen LogP contribution in [-0.4, -0.2) is 5.78 Å². The van der Waals surface area contributed by atoms with Gasteiger partial charge in [-0.1, -0.05) is 30.1 Å². The highest BCUT2D eigenvalue weighted by Gasteiger charge is 2.14. The molecule has 0 bridgehead atoms. The lowest BCUT2D eigenvalue weighted by Gasteiger charge is -2.04. The molecule has 0 aliphatic rings. The topological polar surface area (TPSA) is 17.1 Å².